The summed E-state index contributed by atoms with van der Waals surface area (Å²) in [6, 6.07) is 0. The van der Waals surface area contributed by atoms with Gasteiger partial charge in [-0.3, -0.25) is 0 Å². The van der Waals surface area contributed by atoms with Gasteiger partial charge in [0, 0.05) is 0 Å². The van der Waals surface area contributed by atoms with Crippen molar-refractivity contribution in [3.8, 4) is 0 Å². The molecule has 1 nitrogen and oxygen atoms in total. The molecule has 0 saturated heterocycles. The molecule has 182 valence electrons. The fourth-order valence-corrected chi connectivity index (χ4v) is 10.9. The molecule has 5 aliphatic carbocycles. The lowest BCUT2D eigenvalue weighted by atomic mass is 9.42. The van der Waals surface area contributed by atoms with Crippen LogP contribution in [0.4, 0.5) is 0 Å². The Morgan fingerprint density at radius 1 is 0.844 bits per heavy atom. The summed E-state index contributed by atoms with van der Waals surface area (Å²) in [6.45, 7) is 22.1. The van der Waals surface area contributed by atoms with Gasteiger partial charge >= 0.3 is 0 Å². The van der Waals surface area contributed by atoms with E-state index in [0.717, 1.165) is 36.0 Å². The van der Waals surface area contributed by atoms with E-state index in [2.05, 4.69) is 48.5 Å². The molecule has 0 amide bonds. The molecule has 1 N–H and O–H groups in total. The summed E-state index contributed by atoms with van der Waals surface area (Å²) in [5.74, 6) is 3.96. The van der Waals surface area contributed by atoms with Crippen LogP contribution in [0, 0.1) is 56.7 Å². The first-order valence-corrected chi connectivity index (χ1v) is 14.2. The van der Waals surface area contributed by atoms with Crippen LogP contribution in [0.1, 0.15) is 119 Å². The van der Waals surface area contributed by atoms with E-state index in [1.54, 1.807) is 5.57 Å². The molecule has 5 fully saturated rings. The molecule has 0 aliphatic heterocycles. The molecule has 9 atom stereocenters. The molecule has 5 aliphatic rings. The zero-order chi connectivity index (χ0) is 23.3. The SMILES string of the molecule is C=C(CCC(C)C(C)C)C1CCC2(C)C3CCC4C(C)(C)C(O)CCC45CC35CCC12C. The highest BCUT2D eigenvalue weighted by Gasteiger charge is 2.82. The molecule has 0 heterocycles. The van der Waals surface area contributed by atoms with E-state index < -0.39 is 0 Å². The third kappa shape index (κ3) is 2.73. The van der Waals surface area contributed by atoms with E-state index >= 15 is 0 Å². The van der Waals surface area contributed by atoms with Crippen LogP contribution in [0.3, 0.4) is 0 Å². The van der Waals surface area contributed by atoms with Gasteiger partial charge < -0.3 is 5.11 Å². The summed E-state index contributed by atoms with van der Waals surface area (Å²) in [5, 5.41) is 10.9. The minimum absolute atomic E-state index is 0.0933. The van der Waals surface area contributed by atoms with Crippen molar-refractivity contribution in [3.63, 3.8) is 0 Å². The summed E-state index contributed by atoms with van der Waals surface area (Å²) in [6.07, 6.45) is 14.7. The van der Waals surface area contributed by atoms with Crippen molar-refractivity contribution in [2.24, 2.45) is 56.7 Å². The number of hydrogen-bond acceptors (Lipinski definition) is 1. The van der Waals surface area contributed by atoms with Crippen LogP contribution in [0.2, 0.25) is 0 Å². The van der Waals surface area contributed by atoms with Gasteiger partial charge in [-0.1, -0.05) is 60.6 Å². The lowest BCUT2D eigenvalue weighted by Gasteiger charge is -2.63. The predicted octanol–water partition coefficient (Wildman–Crippen LogP) is 8.41. The Morgan fingerprint density at radius 3 is 2.19 bits per heavy atom. The zero-order valence-electron chi connectivity index (χ0n) is 22.4. The van der Waals surface area contributed by atoms with Crippen molar-refractivity contribution in [2.75, 3.05) is 0 Å². The van der Waals surface area contributed by atoms with E-state index in [0.29, 0.717) is 21.7 Å². The first kappa shape index (κ1) is 23.4. The van der Waals surface area contributed by atoms with Crippen LogP contribution in [0.15, 0.2) is 12.2 Å². The normalized spacial score (nSPS) is 51.9. The van der Waals surface area contributed by atoms with Crippen molar-refractivity contribution in [2.45, 2.75) is 125 Å². The molecule has 0 aromatic carbocycles. The summed E-state index contributed by atoms with van der Waals surface area (Å²) >= 11 is 0. The van der Waals surface area contributed by atoms with Crippen LogP contribution < -0.4 is 0 Å². The van der Waals surface area contributed by atoms with Crippen LogP contribution in [-0.4, -0.2) is 11.2 Å². The Kier molecular flexibility index (Phi) is 5.21. The predicted molar refractivity (Wildman–Crippen MR) is 135 cm³/mol. The Balaban J connectivity index is 1.39. The van der Waals surface area contributed by atoms with Crippen molar-refractivity contribution >= 4 is 0 Å². The lowest BCUT2D eigenvalue weighted by Crippen LogP contribution is -2.57. The maximum absolute atomic E-state index is 10.9. The maximum Gasteiger partial charge on any atom is 0.0594 e. The second-order valence-electron chi connectivity index (χ2n) is 14.9. The van der Waals surface area contributed by atoms with Crippen molar-refractivity contribution in [1.82, 2.24) is 0 Å². The van der Waals surface area contributed by atoms with E-state index in [1.165, 1.54) is 64.2 Å². The fraction of sp³-hybridized carbons (Fsp3) is 0.935. The topological polar surface area (TPSA) is 20.2 Å². The zero-order valence-corrected chi connectivity index (χ0v) is 22.4. The van der Waals surface area contributed by atoms with Gasteiger partial charge in [-0.15, -0.1) is 0 Å². The van der Waals surface area contributed by atoms with E-state index in [1.807, 2.05) is 0 Å². The first-order chi connectivity index (χ1) is 14.9. The van der Waals surface area contributed by atoms with Gasteiger partial charge in [0.25, 0.3) is 0 Å². The summed E-state index contributed by atoms with van der Waals surface area (Å²) in [4.78, 5) is 0. The molecule has 0 bridgehead atoms. The number of aliphatic hydroxyl groups excluding tert-OH is 1. The largest absolute Gasteiger partial charge is 0.393 e. The second-order valence-corrected chi connectivity index (χ2v) is 14.9. The number of allylic oxidation sites excluding steroid dienone is 1. The third-order valence-electron chi connectivity index (χ3n) is 13.6. The number of rotatable bonds is 5. The summed E-state index contributed by atoms with van der Waals surface area (Å²) in [5.41, 5.74) is 3.78. The standard InChI is InChI=1S/C31H52O/c1-20(2)21(3)9-10-22(4)23-13-15-29(8)25-12-11-24-27(5,6)26(32)14-16-30(24)19-31(25,30)18-17-28(23,29)7/h20-21,23-26,32H,4,9-19H2,1-3,5-8H3. The van der Waals surface area contributed by atoms with Crippen molar-refractivity contribution < 1.29 is 5.11 Å². The highest BCUT2D eigenvalue weighted by Crippen LogP contribution is 2.89. The van der Waals surface area contributed by atoms with Gasteiger partial charge in [-0.25, -0.2) is 0 Å². The van der Waals surface area contributed by atoms with Crippen molar-refractivity contribution in [1.29, 1.82) is 0 Å². The fourth-order valence-electron chi connectivity index (χ4n) is 10.9. The van der Waals surface area contributed by atoms with Gasteiger partial charge in [-0.05, 0) is 127 Å². The summed E-state index contributed by atoms with van der Waals surface area (Å²) in [7, 11) is 0. The van der Waals surface area contributed by atoms with Crippen LogP contribution in [0.5, 0.6) is 0 Å². The molecule has 0 aromatic heterocycles. The Morgan fingerprint density at radius 2 is 1.50 bits per heavy atom. The van der Waals surface area contributed by atoms with Crippen LogP contribution in [-0.2, 0) is 0 Å². The molecule has 9 unspecified atom stereocenters. The molecule has 1 heteroatoms. The van der Waals surface area contributed by atoms with Gasteiger partial charge in [0.05, 0.1) is 6.10 Å². The molecular weight excluding hydrogens is 388 g/mol. The van der Waals surface area contributed by atoms with Crippen LogP contribution in [0.25, 0.3) is 0 Å². The monoisotopic (exact) mass is 440 g/mol. The molecule has 32 heavy (non-hydrogen) atoms. The second kappa shape index (κ2) is 7.11. The molecule has 5 rings (SSSR count). The number of fused-ring (bicyclic) bond motifs is 2. The third-order valence-corrected chi connectivity index (χ3v) is 13.6. The van der Waals surface area contributed by atoms with Gasteiger partial charge in [0.2, 0.25) is 0 Å². The molecular formula is C31H52O. The smallest absolute Gasteiger partial charge is 0.0594 e. The minimum atomic E-state index is -0.0933. The maximum atomic E-state index is 10.9. The molecule has 0 radical (unpaired) electrons. The average molecular weight is 441 g/mol. The Hall–Kier alpha value is -0.300. The molecule has 0 aromatic rings. The summed E-state index contributed by atoms with van der Waals surface area (Å²) < 4.78 is 0. The van der Waals surface area contributed by atoms with Gasteiger partial charge in [0.15, 0.2) is 0 Å². The lowest BCUT2D eigenvalue weighted by molar-refractivity contribution is -0.157. The van der Waals surface area contributed by atoms with Gasteiger partial charge in [-0.2, -0.15) is 0 Å². The first-order valence-electron chi connectivity index (χ1n) is 14.2. The minimum Gasteiger partial charge on any atom is -0.393 e. The highest BCUT2D eigenvalue weighted by atomic mass is 16.3. The highest BCUT2D eigenvalue weighted by molar-refractivity contribution is 5.31. The Labute approximate surface area is 199 Å². The Bertz CT molecular complexity index is 779. The van der Waals surface area contributed by atoms with Crippen LogP contribution >= 0.6 is 0 Å². The van der Waals surface area contributed by atoms with Gasteiger partial charge in [0.1, 0.15) is 0 Å². The molecule has 2 spiro atoms. The van der Waals surface area contributed by atoms with E-state index in [-0.39, 0.29) is 11.5 Å². The molecule has 5 saturated carbocycles. The van der Waals surface area contributed by atoms with E-state index in [4.69, 9.17) is 6.58 Å². The van der Waals surface area contributed by atoms with E-state index in [9.17, 15) is 5.11 Å². The number of aliphatic hydroxyl groups is 1. The average Bonchev–Trinajstić information content (AvgIpc) is 3.31. The quantitative estimate of drug-likeness (QED) is 0.425. The van der Waals surface area contributed by atoms with Crippen molar-refractivity contribution in [3.05, 3.63) is 12.2 Å². The number of hydrogen-bond donors (Lipinski definition) is 1.